The third kappa shape index (κ3) is 1.75. The van der Waals surface area contributed by atoms with Crippen LogP contribution >= 0.6 is 15.9 Å². The van der Waals surface area contributed by atoms with Crippen molar-refractivity contribution in [3.63, 3.8) is 0 Å². The predicted octanol–water partition coefficient (Wildman–Crippen LogP) is 2.58. The summed E-state index contributed by atoms with van der Waals surface area (Å²) < 4.78 is 5.95. The first-order valence-corrected chi connectivity index (χ1v) is 6.99. The molecule has 1 aromatic carbocycles. The zero-order valence-corrected chi connectivity index (χ0v) is 11.3. The smallest absolute Gasteiger partial charge is 0.224 e. The van der Waals surface area contributed by atoms with Crippen LogP contribution < -0.4 is 10.1 Å². The molecule has 1 amide bonds. The van der Waals surface area contributed by atoms with Gasteiger partial charge >= 0.3 is 0 Å². The Hall–Kier alpha value is -1.03. The average Bonchev–Trinajstić information content (AvgIpc) is 2.72. The lowest BCUT2D eigenvalue weighted by molar-refractivity contribution is -0.116. The molecule has 4 heteroatoms. The Bertz CT molecular complexity index is 499. The highest BCUT2D eigenvalue weighted by Gasteiger charge is 2.29. The van der Waals surface area contributed by atoms with E-state index in [0.717, 1.165) is 35.2 Å². The first-order chi connectivity index (χ1) is 8.19. The average molecular weight is 296 g/mol. The molecule has 1 unspecified atom stereocenters. The van der Waals surface area contributed by atoms with E-state index in [1.54, 1.807) is 0 Å². The normalized spacial score (nSPS) is 21.5. The summed E-state index contributed by atoms with van der Waals surface area (Å²) in [4.78, 5) is 11.4. The number of aryl methyl sites for hydroxylation is 1. The Balaban J connectivity index is 2.09. The summed E-state index contributed by atoms with van der Waals surface area (Å²) in [5.41, 5.74) is 4.57. The molecule has 0 bridgehead atoms. The van der Waals surface area contributed by atoms with Crippen molar-refractivity contribution in [2.24, 2.45) is 0 Å². The number of anilines is 1. The zero-order chi connectivity index (χ0) is 12.0. The van der Waals surface area contributed by atoms with Crippen LogP contribution in [0.3, 0.4) is 0 Å². The van der Waals surface area contributed by atoms with Crippen molar-refractivity contribution in [3.05, 3.63) is 22.8 Å². The first kappa shape index (κ1) is 11.1. The highest BCUT2D eigenvalue weighted by Crippen LogP contribution is 2.41. The molecule has 0 fully saturated rings. The van der Waals surface area contributed by atoms with Crippen LogP contribution in [0.2, 0.25) is 0 Å². The maximum Gasteiger partial charge on any atom is 0.224 e. The number of alkyl halides is 1. The van der Waals surface area contributed by atoms with Gasteiger partial charge in [0.05, 0.1) is 5.69 Å². The monoisotopic (exact) mass is 295 g/mol. The van der Waals surface area contributed by atoms with Gasteiger partial charge in [-0.1, -0.05) is 22.0 Å². The SMILES string of the molecule is Cc1cc2c(c3c1NC(=O)CC3)OC(CBr)C2. The zero-order valence-electron chi connectivity index (χ0n) is 9.68. The minimum absolute atomic E-state index is 0.107. The topological polar surface area (TPSA) is 38.3 Å². The van der Waals surface area contributed by atoms with Gasteiger partial charge in [-0.05, 0) is 24.5 Å². The van der Waals surface area contributed by atoms with Gasteiger partial charge in [-0.15, -0.1) is 0 Å². The Morgan fingerprint density at radius 1 is 1.53 bits per heavy atom. The quantitative estimate of drug-likeness (QED) is 0.809. The molecule has 0 saturated carbocycles. The largest absolute Gasteiger partial charge is 0.489 e. The molecule has 0 spiro atoms. The van der Waals surface area contributed by atoms with Crippen molar-refractivity contribution >= 4 is 27.5 Å². The van der Waals surface area contributed by atoms with Crippen molar-refractivity contribution < 1.29 is 9.53 Å². The van der Waals surface area contributed by atoms with Gasteiger partial charge in [-0.25, -0.2) is 0 Å². The first-order valence-electron chi connectivity index (χ1n) is 5.87. The number of rotatable bonds is 1. The molecule has 0 aromatic heterocycles. The van der Waals surface area contributed by atoms with Gasteiger partial charge < -0.3 is 10.1 Å². The number of benzene rings is 1. The molecule has 0 saturated heterocycles. The van der Waals surface area contributed by atoms with E-state index < -0.39 is 0 Å². The summed E-state index contributed by atoms with van der Waals surface area (Å²) in [5.74, 6) is 1.12. The molecule has 1 N–H and O–H groups in total. The van der Waals surface area contributed by atoms with Gasteiger partial charge in [0, 0.05) is 23.7 Å². The number of carbonyl (C=O) groups excluding carboxylic acids is 1. The number of hydrogen-bond donors (Lipinski definition) is 1. The Morgan fingerprint density at radius 3 is 3.12 bits per heavy atom. The van der Waals surface area contributed by atoms with Gasteiger partial charge in [0.2, 0.25) is 5.91 Å². The van der Waals surface area contributed by atoms with E-state index in [2.05, 4.69) is 27.3 Å². The molecule has 90 valence electrons. The second kappa shape index (κ2) is 4.02. The lowest BCUT2D eigenvalue weighted by Crippen LogP contribution is -2.20. The van der Waals surface area contributed by atoms with Crippen LogP contribution in [0.1, 0.15) is 23.1 Å². The molecule has 0 radical (unpaired) electrons. The molecule has 3 rings (SSSR count). The molecule has 2 heterocycles. The van der Waals surface area contributed by atoms with Gasteiger partial charge in [0.15, 0.2) is 0 Å². The van der Waals surface area contributed by atoms with E-state index in [-0.39, 0.29) is 12.0 Å². The fourth-order valence-corrected chi connectivity index (χ4v) is 3.00. The standard InChI is InChI=1S/C13H14BrNO2/c1-7-4-8-5-9(6-14)17-13(8)10-2-3-11(16)15-12(7)10/h4,9H,2-3,5-6H2,1H3,(H,15,16). The van der Waals surface area contributed by atoms with Crippen molar-refractivity contribution in [3.8, 4) is 5.75 Å². The number of halogens is 1. The van der Waals surface area contributed by atoms with Gasteiger partial charge in [0.1, 0.15) is 11.9 Å². The maximum absolute atomic E-state index is 11.4. The van der Waals surface area contributed by atoms with Crippen LogP contribution in [0.25, 0.3) is 0 Å². The number of fused-ring (bicyclic) bond motifs is 3. The van der Waals surface area contributed by atoms with Crippen LogP contribution in [-0.2, 0) is 17.6 Å². The van der Waals surface area contributed by atoms with E-state index in [4.69, 9.17) is 4.74 Å². The summed E-state index contributed by atoms with van der Waals surface area (Å²) >= 11 is 3.46. The summed E-state index contributed by atoms with van der Waals surface area (Å²) in [6.07, 6.45) is 2.54. The lowest BCUT2D eigenvalue weighted by Gasteiger charge is -2.21. The highest BCUT2D eigenvalue weighted by atomic mass is 79.9. The Labute approximate surface area is 109 Å². The Morgan fingerprint density at radius 2 is 2.35 bits per heavy atom. The minimum atomic E-state index is 0.107. The summed E-state index contributed by atoms with van der Waals surface area (Å²) in [5, 5.41) is 3.81. The third-order valence-corrected chi connectivity index (χ3v) is 4.15. The summed E-state index contributed by atoms with van der Waals surface area (Å²) in [6.45, 7) is 2.05. The number of hydrogen-bond acceptors (Lipinski definition) is 2. The molecular weight excluding hydrogens is 282 g/mol. The molecule has 3 nitrogen and oxygen atoms in total. The van der Waals surface area contributed by atoms with E-state index in [1.807, 2.05) is 6.92 Å². The van der Waals surface area contributed by atoms with Crippen LogP contribution in [0, 0.1) is 6.92 Å². The lowest BCUT2D eigenvalue weighted by atomic mass is 9.95. The maximum atomic E-state index is 11.4. The fourth-order valence-electron chi connectivity index (χ4n) is 2.64. The van der Waals surface area contributed by atoms with Crippen molar-refractivity contribution in [1.29, 1.82) is 0 Å². The minimum Gasteiger partial charge on any atom is -0.489 e. The molecule has 0 aliphatic carbocycles. The molecule has 1 atom stereocenters. The van der Waals surface area contributed by atoms with Crippen molar-refractivity contribution in [2.75, 3.05) is 10.6 Å². The second-order valence-corrected chi connectivity index (χ2v) is 5.33. The van der Waals surface area contributed by atoms with Gasteiger partial charge in [0.25, 0.3) is 0 Å². The molecule has 1 aromatic rings. The summed E-state index contributed by atoms with van der Waals surface area (Å²) in [6, 6.07) is 2.14. The molecule has 2 aliphatic rings. The third-order valence-electron chi connectivity index (χ3n) is 3.42. The van der Waals surface area contributed by atoms with Gasteiger partial charge in [-0.2, -0.15) is 0 Å². The van der Waals surface area contributed by atoms with Crippen LogP contribution in [0.5, 0.6) is 5.75 Å². The molecule has 17 heavy (non-hydrogen) atoms. The van der Waals surface area contributed by atoms with E-state index in [9.17, 15) is 4.79 Å². The number of amides is 1. The number of carbonyl (C=O) groups is 1. The van der Waals surface area contributed by atoms with Gasteiger partial charge in [-0.3, -0.25) is 4.79 Å². The van der Waals surface area contributed by atoms with Crippen molar-refractivity contribution in [1.82, 2.24) is 0 Å². The summed E-state index contributed by atoms with van der Waals surface area (Å²) in [7, 11) is 0. The van der Waals surface area contributed by atoms with E-state index in [0.29, 0.717) is 6.42 Å². The second-order valence-electron chi connectivity index (χ2n) is 4.68. The molecular formula is C13H14BrNO2. The van der Waals surface area contributed by atoms with E-state index in [1.165, 1.54) is 11.1 Å². The number of nitrogens with one attached hydrogen (secondary N) is 1. The Kier molecular flexibility index (Phi) is 2.62. The van der Waals surface area contributed by atoms with E-state index >= 15 is 0 Å². The molecule has 2 aliphatic heterocycles. The fraction of sp³-hybridized carbons (Fsp3) is 0.462. The predicted molar refractivity (Wildman–Crippen MR) is 70.0 cm³/mol. The highest BCUT2D eigenvalue weighted by molar-refractivity contribution is 9.09. The van der Waals surface area contributed by atoms with Crippen LogP contribution in [-0.4, -0.2) is 17.3 Å². The van der Waals surface area contributed by atoms with Crippen molar-refractivity contribution in [2.45, 2.75) is 32.3 Å². The number of ether oxygens (including phenoxy) is 1. The van der Waals surface area contributed by atoms with Crippen LogP contribution in [0.4, 0.5) is 5.69 Å². The van der Waals surface area contributed by atoms with Crippen LogP contribution in [0.15, 0.2) is 6.07 Å².